The van der Waals surface area contributed by atoms with E-state index >= 15 is 0 Å². The maximum absolute atomic E-state index is 6.04. The molecular weight excluding hydrogens is 332 g/mol. The van der Waals surface area contributed by atoms with Gasteiger partial charge in [-0.1, -0.05) is 41.9 Å². The van der Waals surface area contributed by atoms with Crippen molar-refractivity contribution in [3.05, 3.63) is 76.9 Å². The zero-order valence-corrected chi connectivity index (χ0v) is 14.7. The Kier molecular flexibility index (Phi) is 4.28. The highest BCUT2D eigenvalue weighted by Crippen LogP contribution is 2.32. The summed E-state index contributed by atoms with van der Waals surface area (Å²) >= 11 is 6.04. The number of aromatic nitrogens is 2. The number of nitrogens with zero attached hydrogens (tertiary/aromatic N) is 3. The lowest BCUT2D eigenvalue weighted by Crippen LogP contribution is -2.34. The maximum atomic E-state index is 6.04. The average Bonchev–Trinajstić information content (AvgIpc) is 2.62. The minimum absolute atomic E-state index is 0.291. The number of hydrogen-bond acceptors (Lipinski definition) is 4. The number of anilines is 3. The lowest BCUT2D eigenvalue weighted by Gasteiger charge is -2.36. The van der Waals surface area contributed by atoms with E-state index in [2.05, 4.69) is 46.4 Å². The summed E-state index contributed by atoms with van der Waals surface area (Å²) in [4.78, 5) is 11.4. The molecular formula is C20H19ClN4. The number of halogens is 1. The van der Waals surface area contributed by atoms with Crippen LogP contribution < -0.4 is 10.2 Å². The second-order valence-corrected chi connectivity index (χ2v) is 6.63. The molecule has 126 valence electrons. The van der Waals surface area contributed by atoms with Gasteiger partial charge >= 0.3 is 0 Å². The van der Waals surface area contributed by atoms with Crippen molar-refractivity contribution in [2.75, 3.05) is 16.8 Å². The third-order valence-corrected chi connectivity index (χ3v) is 4.85. The highest BCUT2D eigenvalue weighted by atomic mass is 35.5. The zero-order chi connectivity index (χ0) is 17.2. The zero-order valence-electron chi connectivity index (χ0n) is 14.0. The van der Waals surface area contributed by atoms with Gasteiger partial charge in [-0.2, -0.15) is 4.98 Å². The van der Waals surface area contributed by atoms with Crippen LogP contribution in [0.25, 0.3) is 0 Å². The van der Waals surface area contributed by atoms with Gasteiger partial charge < -0.3 is 10.2 Å². The summed E-state index contributed by atoms with van der Waals surface area (Å²) in [6.45, 7) is 3.18. The van der Waals surface area contributed by atoms with Crippen LogP contribution in [0.4, 0.5) is 17.5 Å². The quantitative estimate of drug-likeness (QED) is 0.721. The first kappa shape index (κ1) is 15.9. The van der Waals surface area contributed by atoms with Crippen molar-refractivity contribution in [2.45, 2.75) is 19.4 Å². The highest BCUT2D eigenvalue weighted by Gasteiger charge is 2.24. The largest absolute Gasteiger partial charge is 0.349 e. The molecule has 0 aliphatic carbocycles. The van der Waals surface area contributed by atoms with Crippen LogP contribution in [0.15, 0.2) is 60.8 Å². The minimum atomic E-state index is 0.291. The average molecular weight is 351 g/mol. The predicted octanol–water partition coefficient (Wildman–Crippen LogP) is 5.00. The number of hydrogen-bond donors (Lipinski definition) is 1. The lowest BCUT2D eigenvalue weighted by molar-refractivity contribution is 0.617. The van der Waals surface area contributed by atoms with Gasteiger partial charge in [0.25, 0.3) is 0 Å². The summed E-state index contributed by atoms with van der Waals surface area (Å²) < 4.78 is 0. The molecule has 1 aromatic heterocycles. The van der Waals surface area contributed by atoms with Crippen molar-refractivity contribution in [1.82, 2.24) is 9.97 Å². The summed E-state index contributed by atoms with van der Waals surface area (Å²) in [6.07, 6.45) is 2.82. The molecule has 2 aromatic carbocycles. The maximum Gasteiger partial charge on any atom is 0.229 e. The normalized spacial score (nSPS) is 16.4. The van der Waals surface area contributed by atoms with Gasteiger partial charge in [-0.15, -0.1) is 0 Å². The molecule has 1 atom stereocenters. The molecule has 4 nitrogen and oxygen atoms in total. The molecule has 0 fully saturated rings. The van der Waals surface area contributed by atoms with E-state index in [-0.39, 0.29) is 0 Å². The fourth-order valence-corrected chi connectivity index (χ4v) is 3.54. The molecule has 3 aromatic rings. The molecule has 0 saturated carbocycles. The summed E-state index contributed by atoms with van der Waals surface area (Å²) in [5.41, 5.74) is 3.68. The van der Waals surface area contributed by atoms with E-state index in [0.717, 1.165) is 24.5 Å². The van der Waals surface area contributed by atoms with Gasteiger partial charge in [-0.05, 0) is 48.7 Å². The van der Waals surface area contributed by atoms with E-state index in [1.807, 2.05) is 30.3 Å². The van der Waals surface area contributed by atoms with Crippen molar-refractivity contribution >= 4 is 29.1 Å². The monoisotopic (exact) mass is 350 g/mol. The number of rotatable bonds is 3. The van der Waals surface area contributed by atoms with E-state index in [9.17, 15) is 0 Å². The molecule has 5 heteroatoms. The molecule has 1 N–H and O–H groups in total. The van der Waals surface area contributed by atoms with Crippen molar-refractivity contribution in [3.8, 4) is 0 Å². The van der Waals surface area contributed by atoms with Gasteiger partial charge in [0.15, 0.2) is 0 Å². The van der Waals surface area contributed by atoms with Crippen LogP contribution in [0.1, 0.15) is 24.1 Å². The van der Waals surface area contributed by atoms with Gasteiger partial charge in [0, 0.05) is 23.5 Å². The molecule has 2 heterocycles. The van der Waals surface area contributed by atoms with Crippen LogP contribution in [0.3, 0.4) is 0 Å². The molecule has 0 unspecified atom stereocenters. The third-order valence-electron chi connectivity index (χ3n) is 4.61. The van der Waals surface area contributed by atoms with Crippen LogP contribution >= 0.6 is 11.6 Å². The first-order valence-electron chi connectivity index (χ1n) is 8.41. The number of nitrogens with one attached hydrogen (secondary N) is 1. The Morgan fingerprint density at radius 2 is 2.00 bits per heavy atom. The first-order chi connectivity index (χ1) is 12.2. The first-order valence-corrected chi connectivity index (χ1v) is 8.78. The van der Waals surface area contributed by atoms with E-state index in [4.69, 9.17) is 16.6 Å². The SMILES string of the molecule is C[C@H]1c2ccccc2CCN1c1ccnc(Nc2cccc(Cl)c2)n1. The van der Waals surface area contributed by atoms with Gasteiger partial charge in [0.2, 0.25) is 5.95 Å². The highest BCUT2D eigenvalue weighted by molar-refractivity contribution is 6.30. The third kappa shape index (κ3) is 3.30. The molecule has 1 aliphatic rings. The number of benzene rings is 2. The molecule has 0 bridgehead atoms. The smallest absolute Gasteiger partial charge is 0.229 e. The second kappa shape index (κ2) is 6.73. The van der Waals surface area contributed by atoms with Crippen molar-refractivity contribution in [2.24, 2.45) is 0 Å². The Hall–Kier alpha value is -2.59. The summed E-state index contributed by atoms with van der Waals surface area (Å²) in [6, 6.07) is 18.4. The van der Waals surface area contributed by atoms with Gasteiger partial charge in [-0.25, -0.2) is 4.98 Å². The topological polar surface area (TPSA) is 41.1 Å². The van der Waals surface area contributed by atoms with E-state index in [1.165, 1.54) is 11.1 Å². The lowest BCUT2D eigenvalue weighted by atomic mass is 9.94. The van der Waals surface area contributed by atoms with E-state index in [1.54, 1.807) is 6.20 Å². The summed E-state index contributed by atoms with van der Waals surface area (Å²) in [5.74, 6) is 1.51. The molecule has 0 spiro atoms. The number of fused-ring (bicyclic) bond motifs is 1. The fraction of sp³-hybridized carbons (Fsp3) is 0.200. The molecule has 25 heavy (non-hydrogen) atoms. The minimum Gasteiger partial charge on any atom is -0.349 e. The van der Waals surface area contributed by atoms with Crippen LogP contribution in [0.5, 0.6) is 0 Å². The predicted molar refractivity (Wildman–Crippen MR) is 103 cm³/mol. The molecule has 4 rings (SSSR count). The Bertz CT molecular complexity index is 896. The summed E-state index contributed by atoms with van der Waals surface area (Å²) in [5, 5.41) is 3.91. The Morgan fingerprint density at radius 1 is 1.12 bits per heavy atom. The van der Waals surface area contributed by atoms with Gasteiger partial charge in [0.1, 0.15) is 5.82 Å². The standard InChI is InChI=1S/C20H19ClN4/c1-14-18-8-3-2-5-15(18)10-12-25(14)19-9-11-22-20(24-19)23-17-7-4-6-16(21)13-17/h2-9,11,13-14H,10,12H2,1H3,(H,22,23,24)/t14-/m0/s1. The molecule has 0 radical (unpaired) electrons. The van der Waals surface area contributed by atoms with Crippen molar-refractivity contribution in [3.63, 3.8) is 0 Å². The Balaban J connectivity index is 1.60. The molecule has 0 saturated heterocycles. The summed E-state index contributed by atoms with van der Waals surface area (Å²) in [7, 11) is 0. The van der Waals surface area contributed by atoms with Gasteiger partial charge in [-0.3, -0.25) is 0 Å². The molecule has 0 amide bonds. The second-order valence-electron chi connectivity index (χ2n) is 6.19. The van der Waals surface area contributed by atoms with Crippen LogP contribution in [-0.2, 0) is 6.42 Å². The fourth-order valence-electron chi connectivity index (χ4n) is 3.35. The van der Waals surface area contributed by atoms with Crippen LogP contribution in [0, 0.1) is 0 Å². The molecule has 1 aliphatic heterocycles. The Labute approximate surface area is 152 Å². The van der Waals surface area contributed by atoms with Crippen molar-refractivity contribution in [1.29, 1.82) is 0 Å². The van der Waals surface area contributed by atoms with E-state index in [0.29, 0.717) is 17.0 Å². The van der Waals surface area contributed by atoms with E-state index < -0.39 is 0 Å². The Morgan fingerprint density at radius 3 is 2.88 bits per heavy atom. The van der Waals surface area contributed by atoms with Gasteiger partial charge in [0.05, 0.1) is 6.04 Å². The van der Waals surface area contributed by atoms with Crippen LogP contribution in [0.2, 0.25) is 5.02 Å². The van der Waals surface area contributed by atoms with Crippen molar-refractivity contribution < 1.29 is 0 Å². The van der Waals surface area contributed by atoms with Crippen LogP contribution in [-0.4, -0.2) is 16.5 Å².